The third-order valence-electron chi connectivity index (χ3n) is 2.03. The first-order valence-corrected chi connectivity index (χ1v) is 5.34. The summed E-state index contributed by atoms with van der Waals surface area (Å²) in [5.74, 6) is -0.812. The van der Waals surface area contributed by atoms with Crippen molar-refractivity contribution in [3.63, 3.8) is 0 Å². The fourth-order valence-electron chi connectivity index (χ4n) is 1.27. The zero-order valence-electron chi connectivity index (χ0n) is 10.3. The van der Waals surface area contributed by atoms with Crippen LogP contribution in [-0.2, 0) is 14.3 Å². The van der Waals surface area contributed by atoms with Crippen molar-refractivity contribution in [1.29, 1.82) is 0 Å². The maximum absolute atomic E-state index is 11.6. The summed E-state index contributed by atoms with van der Waals surface area (Å²) >= 11 is 0. The summed E-state index contributed by atoms with van der Waals surface area (Å²) in [6.45, 7) is 1.48. The number of ether oxygens (including phenoxy) is 3. The van der Waals surface area contributed by atoms with Gasteiger partial charge < -0.3 is 19.9 Å². The lowest BCUT2D eigenvalue weighted by Crippen LogP contribution is -2.16. The van der Waals surface area contributed by atoms with E-state index in [1.807, 2.05) is 0 Å². The third-order valence-corrected chi connectivity index (χ3v) is 2.03. The van der Waals surface area contributed by atoms with Gasteiger partial charge in [0.25, 0.3) is 0 Å². The number of carbonyl (C=O) groups is 2. The SMILES string of the molecule is CCOC(=O)COC(=O)c1cc(N)cc(OC)c1. The number of rotatable bonds is 5. The molecule has 0 fully saturated rings. The van der Waals surface area contributed by atoms with Gasteiger partial charge in [0.15, 0.2) is 6.61 Å². The zero-order chi connectivity index (χ0) is 13.5. The van der Waals surface area contributed by atoms with E-state index in [4.69, 9.17) is 15.2 Å². The Labute approximate surface area is 105 Å². The monoisotopic (exact) mass is 253 g/mol. The van der Waals surface area contributed by atoms with E-state index < -0.39 is 18.5 Å². The Bertz CT molecular complexity index is 444. The summed E-state index contributed by atoms with van der Waals surface area (Å²) in [5, 5.41) is 0. The maximum Gasteiger partial charge on any atom is 0.344 e. The van der Waals surface area contributed by atoms with Crippen LogP contribution in [0.5, 0.6) is 5.75 Å². The molecule has 0 radical (unpaired) electrons. The van der Waals surface area contributed by atoms with E-state index in [-0.39, 0.29) is 12.2 Å². The number of carbonyl (C=O) groups excluding carboxylic acids is 2. The fraction of sp³-hybridized carbons (Fsp3) is 0.333. The van der Waals surface area contributed by atoms with Crippen molar-refractivity contribution in [2.75, 3.05) is 26.1 Å². The number of benzene rings is 1. The van der Waals surface area contributed by atoms with Crippen LogP contribution in [0.3, 0.4) is 0 Å². The molecule has 2 N–H and O–H groups in total. The van der Waals surface area contributed by atoms with Crippen LogP contribution in [-0.4, -0.2) is 32.3 Å². The van der Waals surface area contributed by atoms with Gasteiger partial charge >= 0.3 is 11.9 Å². The molecule has 0 heterocycles. The van der Waals surface area contributed by atoms with Crippen LogP contribution >= 0.6 is 0 Å². The van der Waals surface area contributed by atoms with Crippen LogP contribution in [0.1, 0.15) is 17.3 Å². The van der Waals surface area contributed by atoms with E-state index in [0.29, 0.717) is 11.4 Å². The van der Waals surface area contributed by atoms with E-state index in [1.165, 1.54) is 19.2 Å². The van der Waals surface area contributed by atoms with Crippen LogP contribution in [0.15, 0.2) is 18.2 Å². The second-order valence-corrected chi connectivity index (χ2v) is 3.38. The van der Waals surface area contributed by atoms with Crippen molar-refractivity contribution < 1.29 is 23.8 Å². The van der Waals surface area contributed by atoms with E-state index in [2.05, 4.69) is 4.74 Å². The fourth-order valence-corrected chi connectivity index (χ4v) is 1.27. The van der Waals surface area contributed by atoms with Gasteiger partial charge in [-0.25, -0.2) is 9.59 Å². The predicted molar refractivity (Wildman–Crippen MR) is 64.3 cm³/mol. The van der Waals surface area contributed by atoms with Gasteiger partial charge in [-0.1, -0.05) is 0 Å². The first kappa shape index (κ1) is 13.8. The lowest BCUT2D eigenvalue weighted by atomic mass is 10.2. The van der Waals surface area contributed by atoms with Crippen molar-refractivity contribution in [2.45, 2.75) is 6.92 Å². The molecule has 0 bridgehead atoms. The standard InChI is InChI=1S/C12H15NO5/c1-3-17-11(14)7-18-12(15)8-4-9(13)6-10(5-8)16-2/h4-6H,3,7,13H2,1-2H3. The minimum absolute atomic E-state index is 0.219. The van der Waals surface area contributed by atoms with Crippen LogP contribution in [0.4, 0.5) is 5.69 Å². The molecule has 0 spiro atoms. The lowest BCUT2D eigenvalue weighted by Gasteiger charge is -2.07. The van der Waals surface area contributed by atoms with E-state index in [0.717, 1.165) is 0 Å². The van der Waals surface area contributed by atoms with Crippen molar-refractivity contribution in [1.82, 2.24) is 0 Å². The molecule has 0 aliphatic carbocycles. The van der Waals surface area contributed by atoms with Gasteiger partial charge in [-0.3, -0.25) is 0 Å². The molecular weight excluding hydrogens is 238 g/mol. The quantitative estimate of drug-likeness (QED) is 0.622. The van der Waals surface area contributed by atoms with Gasteiger partial charge in [0.2, 0.25) is 0 Å². The molecule has 0 amide bonds. The number of hydrogen-bond donors (Lipinski definition) is 1. The van der Waals surface area contributed by atoms with Crippen molar-refractivity contribution in [2.24, 2.45) is 0 Å². The molecule has 0 unspecified atom stereocenters. The Morgan fingerprint density at radius 1 is 1.22 bits per heavy atom. The third kappa shape index (κ3) is 3.97. The van der Waals surface area contributed by atoms with Crippen LogP contribution in [0.25, 0.3) is 0 Å². The second-order valence-electron chi connectivity index (χ2n) is 3.38. The van der Waals surface area contributed by atoms with Gasteiger partial charge in [0.05, 0.1) is 19.3 Å². The minimum atomic E-state index is -0.659. The number of hydrogen-bond acceptors (Lipinski definition) is 6. The summed E-state index contributed by atoms with van der Waals surface area (Å²) in [6.07, 6.45) is 0. The first-order chi connectivity index (χ1) is 8.56. The Kier molecular flexibility index (Phi) is 4.98. The van der Waals surface area contributed by atoms with E-state index in [1.54, 1.807) is 13.0 Å². The number of methoxy groups -OCH3 is 1. The predicted octanol–water partition coefficient (Wildman–Crippen LogP) is 0.997. The lowest BCUT2D eigenvalue weighted by molar-refractivity contribution is -0.146. The van der Waals surface area contributed by atoms with Gasteiger partial charge in [0.1, 0.15) is 5.75 Å². The second kappa shape index (κ2) is 6.48. The van der Waals surface area contributed by atoms with Gasteiger partial charge in [0, 0.05) is 11.8 Å². The van der Waals surface area contributed by atoms with Crippen LogP contribution < -0.4 is 10.5 Å². The Hall–Kier alpha value is -2.24. The highest BCUT2D eigenvalue weighted by atomic mass is 16.6. The maximum atomic E-state index is 11.6. The minimum Gasteiger partial charge on any atom is -0.497 e. The van der Waals surface area contributed by atoms with Gasteiger partial charge in [-0.15, -0.1) is 0 Å². The molecule has 18 heavy (non-hydrogen) atoms. The average Bonchev–Trinajstić information content (AvgIpc) is 2.35. The smallest absolute Gasteiger partial charge is 0.344 e. The highest BCUT2D eigenvalue weighted by Crippen LogP contribution is 2.19. The van der Waals surface area contributed by atoms with Gasteiger partial charge in [-0.2, -0.15) is 0 Å². The van der Waals surface area contributed by atoms with Crippen molar-refractivity contribution in [3.05, 3.63) is 23.8 Å². The summed E-state index contributed by atoms with van der Waals surface area (Å²) < 4.78 is 14.4. The van der Waals surface area contributed by atoms with Crippen molar-refractivity contribution >= 4 is 17.6 Å². The average molecular weight is 253 g/mol. The number of anilines is 1. The summed E-state index contributed by atoms with van der Waals surface area (Å²) in [4.78, 5) is 22.7. The number of nitrogen functional groups attached to an aromatic ring is 1. The molecule has 0 aliphatic heterocycles. The molecule has 98 valence electrons. The Balaban J connectivity index is 2.66. The van der Waals surface area contributed by atoms with Crippen LogP contribution in [0, 0.1) is 0 Å². The number of nitrogens with two attached hydrogens (primary N) is 1. The molecule has 1 rings (SSSR count). The van der Waals surface area contributed by atoms with E-state index >= 15 is 0 Å². The molecule has 6 nitrogen and oxygen atoms in total. The summed E-state index contributed by atoms with van der Waals surface area (Å²) in [5.41, 5.74) is 6.19. The van der Waals surface area contributed by atoms with Crippen LogP contribution in [0.2, 0.25) is 0 Å². The zero-order valence-corrected chi connectivity index (χ0v) is 10.3. The van der Waals surface area contributed by atoms with Gasteiger partial charge in [-0.05, 0) is 19.1 Å². The molecular formula is C12H15NO5. The number of esters is 2. The molecule has 0 aromatic heterocycles. The van der Waals surface area contributed by atoms with E-state index in [9.17, 15) is 9.59 Å². The molecule has 6 heteroatoms. The summed E-state index contributed by atoms with van der Waals surface area (Å²) in [6, 6.07) is 4.49. The highest BCUT2D eigenvalue weighted by molar-refractivity contribution is 5.92. The Morgan fingerprint density at radius 3 is 2.56 bits per heavy atom. The highest BCUT2D eigenvalue weighted by Gasteiger charge is 2.12. The normalized spacial score (nSPS) is 9.67. The van der Waals surface area contributed by atoms with Crippen molar-refractivity contribution in [3.8, 4) is 5.75 Å². The molecule has 1 aromatic carbocycles. The molecule has 1 aromatic rings. The first-order valence-electron chi connectivity index (χ1n) is 5.34. The largest absolute Gasteiger partial charge is 0.497 e. The molecule has 0 atom stereocenters. The topological polar surface area (TPSA) is 87.9 Å². The molecule has 0 saturated heterocycles. The molecule has 0 aliphatic rings. The Morgan fingerprint density at radius 2 is 1.94 bits per heavy atom. The molecule has 0 saturated carbocycles. The summed E-state index contributed by atoms with van der Waals surface area (Å²) in [7, 11) is 1.46.